The molecule has 0 fully saturated rings. The molecule has 0 spiro atoms. The van der Waals surface area contributed by atoms with E-state index in [-0.39, 0.29) is 5.56 Å². The SMILES string of the molecule is COC(=O)c1ccc(-c2ccnc(Nc3cnn(C)c3)n2)cc1F. The molecule has 3 aromatic rings. The van der Waals surface area contributed by atoms with Gasteiger partial charge in [0.2, 0.25) is 5.95 Å². The van der Waals surface area contributed by atoms with Crippen LogP contribution in [0.25, 0.3) is 11.3 Å². The Morgan fingerprint density at radius 2 is 2.17 bits per heavy atom. The van der Waals surface area contributed by atoms with Gasteiger partial charge in [-0.2, -0.15) is 5.10 Å². The lowest BCUT2D eigenvalue weighted by molar-refractivity contribution is 0.0595. The van der Waals surface area contributed by atoms with Crippen molar-refractivity contribution in [2.45, 2.75) is 0 Å². The van der Waals surface area contributed by atoms with Gasteiger partial charge < -0.3 is 10.1 Å². The van der Waals surface area contributed by atoms with E-state index < -0.39 is 11.8 Å². The third kappa shape index (κ3) is 3.22. The van der Waals surface area contributed by atoms with E-state index in [0.717, 1.165) is 5.69 Å². The number of nitrogens with one attached hydrogen (secondary N) is 1. The lowest BCUT2D eigenvalue weighted by atomic mass is 10.1. The van der Waals surface area contributed by atoms with Crippen LogP contribution in [0.5, 0.6) is 0 Å². The summed E-state index contributed by atoms with van der Waals surface area (Å²) in [5.41, 5.74) is 1.66. The highest BCUT2D eigenvalue weighted by Crippen LogP contribution is 2.22. The molecule has 0 unspecified atom stereocenters. The molecule has 0 amide bonds. The lowest BCUT2D eigenvalue weighted by Gasteiger charge is -2.06. The molecule has 0 radical (unpaired) electrons. The van der Waals surface area contributed by atoms with Gasteiger partial charge in [0.05, 0.1) is 30.3 Å². The fraction of sp³-hybridized carbons (Fsp3) is 0.125. The molecule has 0 atom stereocenters. The van der Waals surface area contributed by atoms with Gasteiger partial charge in [0.15, 0.2) is 0 Å². The Bertz CT molecular complexity index is 894. The van der Waals surface area contributed by atoms with E-state index in [2.05, 4.69) is 25.1 Å². The van der Waals surface area contributed by atoms with Crippen LogP contribution in [-0.2, 0) is 11.8 Å². The average Bonchev–Trinajstić information content (AvgIpc) is 2.99. The normalized spacial score (nSPS) is 10.5. The third-order valence-electron chi connectivity index (χ3n) is 3.29. The van der Waals surface area contributed by atoms with Crippen molar-refractivity contribution in [2.75, 3.05) is 12.4 Å². The maximum Gasteiger partial charge on any atom is 0.340 e. The Kier molecular flexibility index (Phi) is 4.19. The molecule has 0 saturated heterocycles. The Labute approximate surface area is 137 Å². The predicted octanol–water partition coefficient (Wildman–Crippen LogP) is 2.55. The Morgan fingerprint density at radius 1 is 1.33 bits per heavy atom. The van der Waals surface area contributed by atoms with Crippen LogP contribution < -0.4 is 5.32 Å². The second kappa shape index (κ2) is 6.45. The highest BCUT2D eigenvalue weighted by Gasteiger charge is 2.13. The minimum absolute atomic E-state index is 0.121. The first-order valence-electron chi connectivity index (χ1n) is 7.04. The first-order chi connectivity index (χ1) is 11.6. The fourth-order valence-electron chi connectivity index (χ4n) is 2.14. The number of methoxy groups -OCH3 is 1. The van der Waals surface area contributed by atoms with Crippen LogP contribution in [0, 0.1) is 5.82 Å². The van der Waals surface area contributed by atoms with Crippen molar-refractivity contribution in [1.82, 2.24) is 19.7 Å². The minimum Gasteiger partial charge on any atom is -0.465 e. The van der Waals surface area contributed by atoms with Gasteiger partial charge in [0.25, 0.3) is 0 Å². The van der Waals surface area contributed by atoms with E-state index in [9.17, 15) is 9.18 Å². The first-order valence-corrected chi connectivity index (χ1v) is 7.04. The van der Waals surface area contributed by atoms with Crippen LogP contribution in [0.1, 0.15) is 10.4 Å². The number of aromatic nitrogens is 4. The van der Waals surface area contributed by atoms with Crippen LogP contribution in [0.4, 0.5) is 16.0 Å². The second-order valence-corrected chi connectivity index (χ2v) is 4.98. The predicted molar refractivity (Wildman–Crippen MR) is 85.3 cm³/mol. The van der Waals surface area contributed by atoms with Crippen molar-refractivity contribution in [3.8, 4) is 11.3 Å². The molecule has 1 aromatic carbocycles. The second-order valence-electron chi connectivity index (χ2n) is 4.98. The molecule has 0 bridgehead atoms. The third-order valence-corrected chi connectivity index (χ3v) is 3.29. The lowest BCUT2D eigenvalue weighted by Crippen LogP contribution is -2.04. The monoisotopic (exact) mass is 327 g/mol. The average molecular weight is 327 g/mol. The summed E-state index contributed by atoms with van der Waals surface area (Å²) in [6.45, 7) is 0. The molecular weight excluding hydrogens is 313 g/mol. The molecule has 7 nitrogen and oxygen atoms in total. The van der Waals surface area contributed by atoms with Crippen molar-refractivity contribution < 1.29 is 13.9 Å². The number of nitrogens with zero attached hydrogens (tertiary/aromatic N) is 4. The van der Waals surface area contributed by atoms with Gasteiger partial charge in [-0.1, -0.05) is 6.07 Å². The summed E-state index contributed by atoms with van der Waals surface area (Å²) in [6.07, 6.45) is 4.98. The number of rotatable bonds is 4. The van der Waals surface area contributed by atoms with Crippen molar-refractivity contribution in [3.05, 3.63) is 54.2 Å². The smallest absolute Gasteiger partial charge is 0.340 e. The number of halogens is 1. The molecule has 1 N–H and O–H groups in total. The van der Waals surface area contributed by atoms with Crippen molar-refractivity contribution in [1.29, 1.82) is 0 Å². The van der Waals surface area contributed by atoms with Crippen LogP contribution in [0.15, 0.2) is 42.9 Å². The number of anilines is 2. The number of benzene rings is 1. The van der Waals surface area contributed by atoms with Crippen LogP contribution in [0.2, 0.25) is 0 Å². The van der Waals surface area contributed by atoms with E-state index in [4.69, 9.17) is 0 Å². The summed E-state index contributed by atoms with van der Waals surface area (Å²) < 4.78 is 20.2. The van der Waals surface area contributed by atoms with Gasteiger partial charge >= 0.3 is 5.97 Å². The number of ether oxygens (including phenoxy) is 1. The summed E-state index contributed by atoms with van der Waals surface area (Å²) in [6, 6.07) is 5.86. The summed E-state index contributed by atoms with van der Waals surface area (Å²) >= 11 is 0. The van der Waals surface area contributed by atoms with Crippen molar-refractivity contribution in [2.24, 2.45) is 7.05 Å². The number of carbonyl (C=O) groups excluding carboxylic acids is 1. The van der Waals surface area contributed by atoms with Crippen LogP contribution >= 0.6 is 0 Å². The van der Waals surface area contributed by atoms with E-state index in [1.807, 2.05) is 0 Å². The van der Waals surface area contributed by atoms with Gasteiger partial charge in [0, 0.05) is 25.0 Å². The number of hydrogen-bond acceptors (Lipinski definition) is 6. The molecule has 0 aliphatic carbocycles. The van der Waals surface area contributed by atoms with Gasteiger partial charge in [0.1, 0.15) is 5.82 Å². The standard InChI is InChI=1S/C16H14FN5O2/c1-22-9-11(8-19-22)20-16-18-6-5-14(21-16)10-3-4-12(13(17)7-10)15(23)24-2/h3-9H,1-2H3,(H,18,20,21). The van der Waals surface area contributed by atoms with E-state index >= 15 is 0 Å². The zero-order valence-corrected chi connectivity index (χ0v) is 13.0. The Balaban J connectivity index is 1.88. The van der Waals surface area contributed by atoms with E-state index in [1.165, 1.54) is 19.2 Å². The summed E-state index contributed by atoms with van der Waals surface area (Å²) in [4.78, 5) is 19.9. The fourth-order valence-corrected chi connectivity index (χ4v) is 2.14. The number of esters is 1. The molecule has 0 aliphatic heterocycles. The Morgan fingerprint density at radius 3 is 2.83 bits per heavy atom. The zero-order chi connectivity index (χ0) is 17.1. The molecule has 8 heteroatoms. The van der Waals surface area contributed by atoms with Gasteiger partial charge in [-0.25, -0.2) is 19.2 Å². The molecule has 3 rings (SSSR count). The topological polar surface area (TPSA) is 81.9 Å². The molecule has 0 saturated carbocycles. The highest BCUT2D eigenvalue weighted by molar-refractivity contribution is 5.90. The van der Waals surface area contributed by atoms with Gasteiger partial charge in [-0.15, -0.1) is 0 Å². The van der Waals surface area contributed by atoms with E-state index in [1.54, 1.807) is 42.5 Å². The zero-order valence-electron chi connectivity index (χ0n) is 13.0. The molecular formula is C16H14FN5O2. The van der Waals surface area contributed by atoms with Crippen molar-refractivity contribution in [3.63, 3.8) is 0 Å². The van der Waals surface area contributed by atoms with Gasteiger partial charge in [-0.05, 0) is 18.2 Å². The van der Waals surface area contributed by atoms with Crippen LogP contribution in [-0.4, -0.2) is 32.8 Å². The van der Waals surface area contributed by atoms with Crippen LogP contribution in [0.3, 0.4) is 0 Å². The number of aryl methyl sites for hydroxylation is 1. The summed E-state index contributed by atoms with van der Waals surface area (Å²) in [5.74, 6) is -1.03. The minimum atomic E-state index is -0.722. The number of hydrogen-bond donors (Lipinski definition) is 1. The molecule has 24 heavy (non-hydrogen) atoms. The van der Waals surface area contributed by atoms with Crippen molar-refractivity contribution >= 4 is 17.6 Å². The molecule has 2 aromatic heterocycles. The summed E-state index contributed by atoms with van der Waals surface area (Å²) in [5, 5.41) is 7.06. The molecule has 0 aliphatic rings. The number of carbonyl (C=O) groups is 1. The maximum atomic E-state index is 14.1. The maximum absolute atomic E-state index is 14.1. The first kappa shape index (κ1) is 15.6. The molecule has 2 heterocycles. The quantitative estimate of drug-likeness (QED) is 0.742. The molecule has 122 valence electrons. The summed E-state index contributed by atoms with van der Waals surface area (Å²) in [7, 11) is 3.00. The largest absolute Gasteiger partial charge is 0.465 e. The van der Waals surface area contributed by atoms with E-state index in [0.29, 0.717) is 17.2 Å². The van der Waals surface area contributed by atoms with Gasteiger partial charge in [-0.3, -0.25) is 4.68 Å². The Hall–Kier alpha value is -3.29. The highest BCUT2D eigenvalue weighted by atomic mass is 19.1.